The van der Waals surface area contributed by atoms with Crippen molar-refractivity contribution in [1.29, 1.82) is 0 Å². The summed E-state index contributed by atoms with van der Waals surface area (Å²) in [4.78, 5) is 133. The van der Waals surface area contributed by atoms with Crippen LogP contribution in [-0.4, -0.2) is 198 Å². The standard InChI is InChI=1S/C74H81Cl2F2N11O24/c1-27(2)14-41(81-5)66(101)88-57-59(96)30-7-12-45(37(75)16-30)109-47-18-32-19-48(63(47)113-73-64(62(99)61(98)49(26-90)111-73)112-52-24-74(4,80)65(100)28(3)108-52)110-46-13-8-31(17-38(46)76)60(97)58-72(107)87-56(68(103)82-25-51(95)83-40-10-9-33(77)20-39(40)78)36-21-34(91)22-44(93)53(36)35-15-29(6-11-43(35)92)54(69(104)89-58)86-70(105)55(32)85-67(102)42(23-50(79)94)84-71(57)106/h6-13,15-22,27-28,41-42,49,52,54-62,64-65,73,81,90-93,96-100H,14,23-26,80H2,1-5H3,(H2,79,94)(H,82,103)(H,83,95)(H,84,106)(H,85,102)(H,86,105)(H,87,107)(H,88,101)(H,89,104). The maximum Gasteiger partial charge on any atom is 0.248 e. The Morgan fingerprint density at radius 3 is 1.95 bits per heavy atom. The number of nitrogens with two attached hydrogens (primary N) is 2. The minimum Gasteiger partial charge on any atom is -0.508 e. The smallest absolute Gasteiger partial charge is 0.248 e. The SMILES string of the molecule is CNC(CC(C)C)C(=O)NC1C(=O)NC(CC(N)=O)C(=O)NC2C(=O)NC3C(=O)NC(C(=O)NC(C(=O)NCC(=O)Nc4ccc(F)cc4F)c4cc(O)cc(O)c4-c4cc3ccc4O)C(O)c3ccc(c(Cl)c3)Oc3cc2cc(c3OC2OC(CO)C(O)C(O)C2OC2CC(C)(N)C(O)C(C)O2)Oc2ccc(cc2Cl)C1O. The van der Waals surface area contributed by atoms with Crippen LogP contribution in [0.5, 0.6) is 46.0 Å². The van der Waals surface area contributed by atoms with E-state index < -0.39 is 272 Å². The Balaban J connectivity index is 1.13. The molecule has 9 amide bonds. The van der Waals surface area contributed by atoms with Crippen LogP contribution in [0.4, 0.5) is 14.5 Å². The Labute approximate surface area is 650 Å². The molecule has 7 heterocycles. The first-order valence-corrected chi connectivity index (χ1v) is 35.9. The number of aliphatic hydroxyl groups is 6. The van der Waals surface area contributed by atoms with Crippen LogP contribution >= 0.6 is 23.2 Å². The van der Waals surface area contributed by atoms with Gasteiger partial charge in [0.05, 0.1) is 53.6 Å². The minimum atomic E-state index is -2.40. The molecule has 22 N–H and O–H groups in total. The van der Waals surface area contributed by atoms with Crippen molar-refractivity contribution in [1.82, 2.24) is 42.5 Å². The molecule has 7 aliphatic rings. The summed E-state index contributed by atoms with van der Waals surface area (Å²) in [5, 5.41) is 126. The molecule has 0 spiro atoms. The number of anilines is 1. The van der Waals surface area contributed by atoms with Crippen molar-refractivity contribution in [2.75, 3.05) is 25.5 Å². The van der Waals surface area contributed by atoms with Gasteiger partial charge in [0, 0.05) is 35.2 Å². The topological polar surface area (TPSA) is 551 Å². The molecule has 18 unspecified atom stereocenters. The van der Waals surface area contributed by atoms with Gasteiger partial charge >= 0.3 is 0 Å². The summed E-state index contributed by atoms with van der Waals surface area (Å²) in [7, 11) is 1.46. The van der Waals surface area contributed by atoms with Crippen molar-refractivity contribution >= 4 is 82.1 Å². The highest BCUT2D eigenvalue weighted by molar-refractivity contribution is 6.32. The number of aliphatic hydroxyl groups excluding tert-OH is 6. The molecule has 11 bridgehead atoms. The number of fused-ring (bicyclic) bond motifs is 15. The molecule has 0 aromatic heterocycles. The summed E-state index contributed by atoms with van der Waals surface area (Å²) in [6, 6.07) is 0.858. The van der Waals surface area contributed by atoms with Crippen molar-refractivity contribution in [3.8, 4) is 57.1 Å². The summed E-state index contributed by atoms with van der Waals surface area (Å²) in [6.07, 6.45) is -19.0. The Morgan fingerprint density at radius 2 is 1.34 bits per heavy atom. The molecule has 6 aromatic rings. The number of benzene rings is 6. The van der Waals surface area contributed by atoms with E-state index in [0.29, 0.717) is 6.07 Å². The lowest BCUT2D eigenvalue weighted by Crippen LogP contribution is -2.64. The molecule has 0 radical (unpaired) electrons. The van der Waals surface area contributed by atoms with E-state index in [2.05, 4.69) is 47.9 Å². The Kier molecular flexibility index (Phi) is 25.3. The lowest BCUT2D eigenvalue weighted by atomic mass is 9.86. The Bertz CT molecular complexity index is 4720. The van der Waals surface area contributed by atoms with Gasteiger partial charge in [-0.2, -0.15) is 0 Å². The van der Waals surface area contributed by atoms with E-state index in [1.165, 1.54) is 33.0 Å². The van der Waals surface area contributed by atoms with Crippen LogP contribution in [0.15, 0.2) is 97.1 Å². The summed E-state index contributed by atoms with van der Waals surface area (Å²) in [5.41, 5.74) is 7.20. The molecule has 0 aliphatic carbocycles. The highest BCUT2D eigenvalue weighted by Gasteiger charge is 2.52. The van der Waals surface area contributed by atoms with Gasteiger partial charge in [0.2, 0.25) is 65.2 Å². The van der Waals surface area contributed by atoms with Crippen molar-refractivity contribution in [2.24, 2.45) is 17.4 Å². The van der Waals surface area contributed by atoms with Gasteiger partial charge in [-0.15, -0.1) is 0 Å². The third kappa shape index (κ3) is 18.4. The Hall–Kier alpha value is -10.7. The lowest BCUT2D eigenvalue weighted by molar-refractivity contribution is -0.333. The van der Waals surface area contributed by atoms with E-state index in [1.54, 1.807) is 13.8 Å². The quantitative estimate of drug-likeness (QED) is 0.0644. The Morgan fingerprint density at radius 1 is 0.708 bits per heavy atom. The number of amides is 9. The number of carbonyl (C=O) groups is 9. The van der Waals surface area contributed by atoms with Gasteiger partial charge in [0.25, 0.3) is 0 Å². The predicted octanol–water partition coefficient (Wildman–Crippen LogP) is 1.05. The van der Waals surface area contributed by atoms with Crippen molar-refractivity contribution < 1.29 is 126 Å². The molecule has 0 saturated carbocycles. The van der Waals surface area contributed by atoms with Gasteiger partial charge in [-0.1, -0.05) is 55.2 Å². The first kappa shape index (κ1) is 83.3. The summed E-state index contributed by atoms with van der Waals surface area (Å²) < 4.78 is 67.0. The first-order chi connectivity index (χ1) is 53.4. The largest absolute Gasteiger partial charge is 0.508 e. The number of rotatable bonds is 16. The second-order valence-electron chi connectivity index (χ2n) is 28.3. The molecular formula is C74H81Cl2F2N11O24. The number of phenolic OH excluding ortho intramolecular Hbond substituents is 3. The third-order valence-electron chi connectivity index (χ3n) is 19.4. The van der Waals surface area contributed by atoms with Crippen LogP contribution in [0.3, 0.4) is 0 Å². The molecule has 18 atom stereocenters. The maximum absolute atomic E-state index is 16.2. The van der Waals surface area contributed by atoms with Gasteiger partial charge in [0.1, 0.15) is 107 Å². The van der Waals surface area contributed by atoms with Crippen molar-refractivity contribution in [3.63, 3.8) is 0 Å². The van der Waals surface area contributed by atoms with Crippen LogP contribution < -0.4 is 73.5 Å². The van der Waals surface area contributed by atoms with Crippen LogP contribution in [0.1, 0.15) is 105 Å². The second kappa shape index (κ2) is 34.4. The number of primary amides is 1. The predicted molar refractivity (Wildman–Crippen MR) is 390 cm³/mol. The van der Waals surface area contributed by atoms with Gasteiger partial charge in [-0.3, -0.25) is 43.2 Å². The van der Waals surface area contributed by atoms with E-state index in [-0.39, 0.29) is 40.7 Å². The van der Waals surface area contributed by atoms with Crippen molar-refractivity contribution in [3.05, 3.63) is 147 Å². The zero-order valence-electron chi connectivity index (χ0n) is 60.5. The number of ether oxygens (including phenoxy) is 6. The van der Waals surface area contributed by atoms with E-state index >= 15 is 19.2 Å². The van der Waals surface area contributed by atoms with E-state index in [4.69, 9.17) is 63.1 Å². The highest BCUT2D eigenvalue weighted by Crippen LogP contribution is 2.50. The number of carbonyl (C=O) groups excluding carboxylic acids is 9. The zero-order valence-corrected chi connectivity index (χ0v) is 62.0. The monoisotopic (exact) mass is 1620 g/mol. The fourth-order valence-corrected chi connectivity index (χ4v) is 14.0. The van der Waals surface area contributed by atoms with Crippen LogP contribution in [-0.2, 0) is 57.4 Å². The molecule has 39 heteroatoms. The molecular weight excluding hydrogens is 1540 g/mol. The van der Waals surface area contributed by atoms with Gasteiger partial charge in [-0.05, 0) is 128 Å². The molecule has 6 aromatic carbocycles. The second-order valence-corrected chi connectivity index (χ2v) is 29.1. The normalized spacial score (nSPS) is 27.5. The van der Waals surface area contributed by atoms with Crippen LogP contribution in [0.2, 0.25) is 10.0 Å². The number of likely N-dealkylation sites (N-methyl/N-ethyl adjacent to an activating group) is 1. The summed E-state index contributed by atoms with van der Waals surface area (Å²) in [6.45, 7) is 4.55. The highest BCUT2D eigenvalue weighted by atomic mass is 35.5. The lowest BCUT2D eigenvalue weighted by Gasteiger charge is -2.47. The number of hydrogen-bond donors (Lipinski definition) is 20. The fraction of sp³-hybridized carbons (Fsp3) is 0.392. The molecule has 113 heavy (non-hydrogen) atoms. The number of aromatic hydroxyl groups is 3. The summed E-state index contributed by atoms with van der Waals surface area (Å²) in [5.74, 6) is -19.5. The summed E-state index contributed by atoms with van der Waals surface area (Å²) >= 11 is 14.2. The van der Waals surface area contributed by atoms with Gasteiger partial charge in [-0.25, -0.2) is 8.78 Å². The fourth-order valence-electron chi connectivity index (χ4n) is 13.6. The number of nitrogens with one attached hydrogen (secondary N) is 9. The minimum absolute atomic E-state index is 0.120. The van der Waals surface area contributed by atoms with Crippen molar-refractivity contribution in [2.45, 2.75) is 156 Å². The number of halogens is 4. The number of phenols is 3. The maximum atomic E-state index is 16.2. The molecule has 35 nitrogen and oxygen atoms in total. The average molecular weight is 1620 g/mol. The average Bonchev–Trinajstić information content (AvgIpc) is 0.763. The molecule has 13 rings (SSSR count). The molecule has 2 saturated heterocycles. The van der Waals surface area contributed by atoms with E-state index in [0.717, 1.165) is 78.9 Å². The first-order valence-electron chi connectivity index (χ1n) is 35.2. The van der Waals surface area contributed by atoms with Gasteiger partial charge in [0.15, 0.2) is 23.9 Å². The van der Waals surface area contributed by atoms with Gasteiger partial charge < -0.3 is 134 Å². The van der Waals surface area contributed by atoms with E-state index in [1.807, 2.05) is 0 Å². The van der Waals surface area contributed by atoms with Crippen LogP contribution in [0, 0.1) is 17.6 Å². The molecule has 2 fully saturated rings. The molecule has 7 aliphatic heterocycles. The third-order valence-corrected chi connectivity index (χ3v) is 20.0. The van der Waals surface area contributed by atoms with E-state index in [9.17, 15) is 78.7 Å². The number of hydrogen-bond acceptors (Lipinski definition) is 26. The zero-order chi connectivity index (χ0) is 82.1. The molecule has 604 valence electrons. The van der Waals surface area contributed by atoms with Crippen LogP contribution in [0.25, 0.3) is 11.1 Å².